The summed E-state index contributed by atoms with van der Waals surface area (Å²) in [7, 11) is 0. The van der Waals surface area contributed by atoms with Gasteiger partial charge in [-0.15, -0.1) is 0 Å². The standard InChI is InChI=1S/C17H27FN2O/c1-3-17(13-21)20-10-8-19(9-11-20)12-14(2)15-4-6-16(18)7-5-15/h4-7,14,17,21H,3,8-13H2,1-2H3/t14-,17+/m1/s1. The van der Waals surface area contributed by atoms with Gasteiger partial charge in [0.15, 0.2) is 0 Å². The Labute approximate surface area is 127 Å². The van der Waals surface area contributed by atoms with Gasteiger partial charge in [-0.2, -0.15) is 0 Å². The first-order chi connectivity index (χ1) is 10.1. The van der Waals surface area contributed by atoms with Crippen molar-refractivity contribution in [2.45, 2.75) is 32.2 Å². The molecule has 0 spiro atoms. The van der Waals surface area contributed by atoms with Crippen molar-refractivity contribution in [1.29, 1.82) is 0 Å². The monoisotopic (exact) mass is 294 g/mol. The topological polar surface area (TPSA) is 26.7 Å². The number of hydrogen-bond acceptors (Lipinski definition) is 3. The second-order valence-corrected chi connectivity index (χ2v) is 6.03. The van der Waals surface area contributed by atoms with Gasteiger partial charge in [-0.3, -0.25) is 4.90 Å². The maximum absolute atomic E-state index is 13.0. The molecule has 0 radical (unpaired) electrons. The molecule has 1 N–H and O–H groups in total. The largest absolute Gasteiger partial charge is 0.395 e. The summed E-state index contributed by atoms with van der Waals surface area (Å²) >= 11 is 0. The molecule has 1 aliphatic rings. The van der Waals surface area contributed by atoms with Gasteiger partial charge >= 0.3 is 0 Å². The fourth-order valence-electron chi connectivity index (χ4n) is 3.10. The molecule has 0 aliphatic carbocycles. The van der Waals surface area contributed by atoms with Crippen LogP contribution in [-0.2, 0) is 0 Å². The zero-order valence-electron chi connectivity index (χ0n) is 13.1. The van der Waals surface area contributed by atoms with Crippen molar-refractivity contribution >= 4 is 0 Å². The number of piperazine rings is 1. The molecule has 4 heteroatoms. The third-order valence-corrected chi connectivity index (χ3v) is 4.58. The lowest BCUT2D eigenvalue weighted by Gasteiger charge is -2.39. The molecule has 3 nitrogen and oxygen atoms in total. The second-order valence-electron chi connectivity index (χ2n) is 6.03. The first kappa shape index (κ1) is 16.4. The van der Waals surface area contributed by atoms with E-state index in [1.54, 1.807) is 0 Å². The Bertz CT molecular complexity index is 411. The van der Waals surface area contributed by atoms with Crippen LogP contribution in [0.1, 0.15) is 31.7 Å². The number of hydrogen-bond donors (Lipinski definition) is 1. The lowest BCUT2D eigenvalue weighted by molar-refractivity contribution is 0.0618. The number of aliphatic hydroxyl groups is 1. The van der Waals surface area contributed by atoms with E-state index in [1.807, 2.05) is 12.1 Å². The predicted octanol–water partition coefficient (Wildman–Crippen LogP) is 2.32. The first-order valence-electron chi connectivity index (χ1n) is 7.96. The highest BCUT2D eigenvalue weighted by atomic mass is 19.1. The third-order valence-electron chi connectivity index (χ3n) is 4.58. The Kier molecular flexibility index (Phi) is 6.15. The molecule has 0 amide bonds. The fraction of sp³-hybridized carbons (Fsp3) is 0.647. The van der Waals surface area contributed by atoms with Gasteiger partial charge in [-0.05, 0) is 30.0 Å². The van der Waals surface area contributed by atoms with Gasteiger partial charge < -0.3 is 10.0 Å². The van der Waals surface area contributed by atoms with Crippen molar-refractivity contribution in [3.8, 4) is 0 Å². The van der Waals surface area contributed by atoms with Crippen LogP contribution in [0.15, 0.2) is 24.3 Å². The zero-order valence-corrected chi connectivity index (χ0v) is 13.1. The van der Waals surface area contributed by atoms with Crippen molar-refractivity contribution in [2.24, 2.45) is 0 Å². The summed E-state index contributed by atoms with van der Waals surface area (Å²) in [6.07, 6.45) is 1.00. The second kappa shape index (κ2) is 7.87. The lowest BCUT2D eigenvalue weighted by atomic mass is 10.00. The number of rotatable bonds is 6. The quantitative estimate of drug-likeness (QED) is 0.872. The summed E-state index contributed by atoms with van der Waals surface area (Å²) < 4.78 is 13.0. The van der Waals surface area contributed by atoms with Gasteiger partial charge in [0.2, 0.25) is 0 Å². The number of nitrogens with zero attached hydrogens (tertiary/aromatic N) is 2. The summed E-state index contributed by atoms with van der Waals surface area (Å²) in [6, 6.07) is 7.15. The van der Waals surface area contributed by atoms with E-state index in [4.69, 9.17) is 0 Å². The average Bonchev–Trinajstić information content (AvgIpc) is 2.51. The van der Waals surface area contributed by atoms with E-state index >= 15 is 0 Å². The minimum Gasteiger partial charge on any atom is -0.395 e. The SMILES string of the molecule is CC[C@@H](CO)N1CCN(C[C@@H](C)c2ccc(F)cc2)CC1. The molecule has 0 saturated carbocycles. The van der Waals surface area contributed by atoms with Gasteiger partial charge in [0.1, 0.15) is 5.82 Å². The predicted molar refractivity (Wildman–Crippen MR) is 84.0 cm³/mol. The molecular weight excluding hydrogens is 267 g/mol. The molecule has 0 unspecified atom stereocenters. The van der Waals surface area contributed by atoms with E-state index in [2.05, 4.69) is 23.6 Å². The first-order valence-corrected chi connectivity index (χ1v) is 7.96. The highest BCUT2D eigenvalue weighted by molar-refractivity contribution is 5.20. The smallest absolute Gasteiger partial charge is 0.123 e. The molecule has 2 atom stereocenters. The van der Waals surface area contributed by atoms with Crippen LogP contribution < -0.4 is 0 Å². The van der Waals surface area contributed by atoms with Gasteiger partial charge in [-0.1, -0.05) is 26.0 Å². The van der Waals surface area contributed by atoms with E-state index in [0.717, 1.165) is 39.1 Å². The number of benzene rings is 1. The van der Waals surface area contributed by atoms with E-state index in [1.165, 1.54) is 17.7 Å². The van der Waals surface area contributed by atoms with E-state index < -0.39 is 0 Å². The van der Waals surface area contributed by atoms with Crippen molar-refractivity contribution in [3.05, 3.63) is 35.6 Å². The van der Waals surface area contributed by atoms with Crippen LogP contribution >= 0.6 is 0 Å². The molecule has 1 saturated heterocycles. The van der Waals surface area contributed by atoms with Gasteiger partial charge in [0, 0.05) is 38.8 Å². The molecule has 2 rings (SSSR count). The molecule has 0 bridgehead atoms. The summed E-state index contributed by atoms with van der Waals surface area (Å²) in [5.74, 6) is 0.242. The molecular formula is C17H27FN2O. The maximum Gasteiger partial charge on any atom is 0.123 e. The van der Waals surface area contributed by atoms with Crippen LogP contribution in [0.5, 0.6) is 0 Å². The highest BCUT2D eigenvalue weighted by Gasteiger charge is 2.23. The Morgan fingerprint density at radius 1 is 1.14 bits per heavy atom. The summed E-state index contributed by atoms with van der Waals surface area (Å²) in [4.78, 5) is 4.85. The van der Waals surface area contributed by atoms with Crippen molar-refractivity contribution in [1.82, 2.24) is 9.80 Å². The minimum atomic E-state index is -0.172. The van der Waals surface area contributed by atoms with Gasteiger partial charge in [0.05, 0.1) is 6.61 Å². The molecule has 0 aromatic heterocycles. The molecule has 1 fully saturated rings. The normalized spacial score (nSPS) is 20.4. The maximum atomic E-state index is 13.0. The van der Waals surface area contributed by atoms with E-state index in [9.17, 15) is 9.50 Å². The van der Waals surface area contributed by atoms with Crippen molar-refractivity contribution in [3.63, 3.8) is 0 Å². The van der Waals surface area contributed by atoms with Crippen molar-refractivity contribution in [2.75, 3.05) is 39.3 Å². The van der Waals surface area contributed by atoms with Crippen LogP contribution in [0.25, 0.3) is 0 Å². The number of halogens is 1. The van der Waals surface area contributed by atoms with Crippen LogP contribution in [0.3, 0.4) is 0 Å². The molecule has 21 heavy (non-hydrogen) atoms. The lowest BCUT2D eigenvalue weighted by Crippen LogP contribution is -2.51. The van der Waals surface area contributed by atoms with Crippen molar-refractivity contribution < 1.29 is 9.50 Å². The molecule has 1 heterocycles. The minimum absolute atomic E-state index is 0.172. The van der Waals surface area contributed by atoms with E-state index in [-0.39, 0.29) is 12.4 Å². The number of aliphatic hydroxyl groups excluding tert-OH is 1. The summed E-state index contributed by atoms with van der Waals surface area (Å²) in [5, 5.41) is 9.37. The Morgan fingerprint density at radius 2 is 1.76 bits per heavy atom. The molecule has 1 aromatic rings. The average molecular weight is 294 g/mol. The zero-order chi connectivity index (χ0) is 15.2. The molecule has 1 aromatic carbocycles. The van der Waals surface area contributed by atoms with Crippen LogP contribution in [0.2, 0.25) is 0 Å². The van der Waals surface area contributed by atoms with Crippen LogP contribution in [0, 0.1) is 5.82 Å². The summed E-state index contributed by atoms with van der Waals surface area (Å²) in [5.41, 5.74) is 1.20. The Morgan fingerprint density at radius 3 is 2.29 bits per heavy atom. The third kappa shape index (κ3) is 4.50. The summed E-state index contributed by atoms with van der Waals surface area (Å²) in [6.45, 7) is 9.72. The van der Waals surface area contributed by atoms with Gasteiger partial charge in [-0.25, -0.2) is 4.39 Å². The molecule has 1 aliphatic heterocycles. The molecule has 118 valence electrons. The Hall–Kier alpha value is -0.970. The van der Waals surface area contributed by atoms with E-state index in [0.29, 0.717) is 12.0 Å². The van der Waals surface area contributed by atoms with Gasteiger partial charge in [0.25, 0.3) is 0 Å². The Balaban J connectivity index is 1.81. The van der Waals surface area contributed by atoms with Crippen LogP contribution in [-0.4, -0.2) is 60.3 Å². The highest BCUT2D eigenvalue weighted by Crippen LogP contribution is 2.18. The van der Waals surface area contributed by atoms with Crippen LogP contribution in [0.4, 0.5) is 4.39 Å². The fourth-order valence-corrected chi connectivity index (χ4v) is 3.10.